The summed E-state index contributed by atoms with van der Waals surface area (Å²) in [7, 11) is 2.11. The summed E-state index contributed by atoms with van der Waals surface area (Å²) in [5.41, 5.74) is 3.92. The molecule has 0 bridgehead atoms. The Morgan fingerprint density at radius 2 is 2.42 bits per heavy atom. The van der Waals surface area contributed by atoms with Crippen LogP contribution in [0.5, 0.6) is 0 Å². The number of dihydropyridines is 1. The van der Waals surface area contributed by atoms with Gasteiger partial charge in [-0.25, -0.2) is 4.99 Å². The number of aliphatic imine (C=N–C) groups is 1. The van der Waals surface area contributed by atoms with Gasteiger partial charge in [-0.15, -0.1) is 0 Å². The van der Waals surface area contributed by atoms with Crippen LogP contribution in [0, 0.1) is 17.2 Å². The fourth-order valence-corrected chi connectivity index (χ4v) is 3.66. The largest absolute Gasteiger partial charge is 0.305 e. The van der Waals surface area contributed by atoms with Crippen LogP contribution in [0.1, 0.15) is 12.0 Å². The molecule has 3 rings (SSSR count). The zero-order valence-corrected chi connectivity index (χ0v) is 12.2. The molecule has 19 heavy (non-hydrogen) atoms. The third kappa shape index (κ3) is 2.16. The maximum absolute atomic E-state index is 9.41. The Morgan fingerprint density at radius 1 is 1.58 bits per heavy atom. The van der Waals surface area contributed by atoms with Gasteiger partial charge in [0.15, 0.2) is 0 Å². The van der Waals surface area contributed by atoms with Crippen LogP contribution in [0.15, 0.2) is 27.4 Å². The molecular formula is C14H13N3S2. The predicted octanol–water partition coefficient (Wildman–Crippen LogP) is 2.76. The van der Waals surface area contributed by atoms with E-state index >= 15 is 0 Å². The number of nitrogens with zero attached hydrogens (tertiary/aromatic N) is 3. The lowest BCUT2D eigenvalue weighted by Crippen LogP contribution is -2.41. The lowest BCUT2D eigenvalue weighted by Gasteiger charge is -2.35. The molecule has 0 N–H and O–H groups in total. The third-order valence-corrected chi connectivity index (χ3v) is 4.65. The average molecular weight is 287 g/mol. The molecule has 0 spiro atoms. The van der Waals surface area contributed by atoms with Crippen LogP contribution in [0.25, 0.3) is 5.57 Å². The van der Waals surface area contributed by atoms with Gasteiger partial charge >= 0.3 is 0 Å². The van der Waals surface area contributed by atoms with E-state index in [-0.39, 0.29) is 5.92 Å². The Hall–Kier alpha value is -1.35. The summed E-state index contributed by atoms with van der Waals surface area (Å²) >= 11 is 6.94. The molecule has 1 aromatic rings. The molecular weight excluding hydrogens is 274 g/mol. The normalized spacial score (nSPS) is 23.9. The molecule has 1 fully saturated rings. The van der Waals surface area contributed by atoms with Crippen molar-refractivity contribution in [3.05, 3.63) is 28.0 Å². The van der Waals surface area contributed by atoms with E-state index in [4.69, 9.17) is 12.2 Å². The lowest BCUT2D eigenvalue weighted by atomic mass is 9.81. The predicted molar refractivity (Wildman–Crippen MR) is 82.5 cm³/mol. The SMILES string of the molecule is CN1CCC2=NC(=S)C(C#N)=C(c3ccsc3)C2C1. The first-order valence-electron chi connectivity index (χ1n) is 6.18. The number of thiocarbonyl (C=S) groups is 1. The van der Waals surface area contributed by atoms with Crippen molar-refractivity contribution in [2.75, 3.05) is 20.1 Å². The Kier molecular flexibility index (Phi) is 3.31. The van der Waals surface area contributed by atoms with Crippen molar-refractivity contribution in [3.8, 4) is 6.07 Å². The van der Waals surface area contributed by atoms with Gasteiger partial charge in [0.2, 0.25) is 0 Å². The van der Waals surface area contributed by atoms with Crippen LogP contribution in [-0.2, 0) is 0 Å². The first-order chi connectivity index (χ1) is 9.20. The number of nitriles is 1. The zero-order valence-electron chi connectivity index (χ0n) is 10.6. The van der Waals surface area contributed by atoms with Crippen LogP contribution in [-0.4, -0.2) is 35.7 Å². The number of thiophene rings is 1. The molecule has 3 heterocycles. The van der Waals surface area contributed by atoms with Crippen molar-refractivity contribution in [1.82, 2.24) is 4.90 Å². The summed E-state index contributed by atoms with van der Waals surface area (Å²) in [6.45, 7) is 1.93. The Labute approximate surface area is 121 Å². The van der Waals surface area contributed by atoms with Crippen LogP contribution >= 0.6 is 23.6 Å². The highest BCUT2D eigenvalue weighted by Crippen LogP contribution is 2.36. The van der Waals surface area contributed by atoms with E-state index in [2.05, 4.69) is 34.5 Å². The van der Waals surface area contributed by atoms with Gasteiger partial charge in [-0.05, 0) is 41.4 Å². The fraction of sp³-hybridized carbons (Fsp3) is 0.357. The second-order valence-electron chi connectivity index (χ2n) is 4.89. The molecule has 5 heteroatoms. The van der Waals surface area contributed by atoms with Crippen molar-refractivity contribution in [1.29, 1.82) is 5.26 Å². The van der Waals surface area contributed by atoms with Gasteiger partial charge < -0.3 is 4.90 Å². The molecule has 1 unspecified atom stereocenters. The molecule has 2 aliphatic heterocycles. The van der Waals surface area contributed by atoms with Crippen molar-refractivity contribution in [3.63, 3.8) is 0 Å². The minimum Gasteiger partial charge on any atom is -0.305 e. The summed E-state index contributed by atoms with van der Waals surface area (Å²) in [4.78, 5) is 7.24. The number of fused-ring (bicyclic) bond motifs is 1. The fourth-order valence-electron chi connectivity index (χ4n) is 2.73. The van der Waals surface area contributed by atoms with E-state index in [1.165, 1.54) is 0 Å². The summed E-state index contributed by atoms with van der Waals surface area (Å²) < 4.78 is 0. The summed E-state index contributed by atoms with van der Waals surface area (Å²) in [6, 6.07) is 4.32. The van der Waals surface area contributed by atoms with Gasteiger partial charge in [-0.1, -0.05) is 12.2 Å². The van der Waals surface area contributed by atoms with Gasteiger partial charge in [0.25, 0.3) is 0 Å². The van der Waals surface area contributed by atoms with Crippen LogP contribution in [0.2, 0.25) is 0 Å². The molecule has 2 aliphatic rings. The smallest absolute Gasteiger partial charge is 0.144 e. The monoisotopic (exact) mass is 287 g/mol. The molecule has 1 atom stereocenters. The minimum atomic E-state index is 0.217. The van der Waals surface area contributed by atoms with Gasteiger partial charge in [-0.3, -0.25) is 0 Å². The molecule has 1 aromatic heterocycles. The van der Waals surface area contributed by atoms with Crippen LogP contribution in [0.4, 0.5) is 0 Å². The Morgan fingerprint density at radius 3 is 3.11 bits per heavy atom. The number of likely N-dealkylation sites (tertiary alicyclic amines) is 1. The quantitative estimate of drug-likeness (QED) is 0.746. The lowest BCUT2D eigenvalue weighted by molar-refractivity contribution is 0.313. The number of rotatable bonds is 1. The van der Waals surface area contributed by atoms with E-state index in [1.807, 2.05) is 5.38 Å². The third-order valence-electron chi connectivity index (χ3n) is 3.67. The van der Waals surface area contributed by atoms with E-state index < -0.39 is 0 Å². The van der Waals surface area contributed by atoms with E-state index in [1.54, 1.807) is 11.3 Å². The topological polar surface area (TPSA) is 39.4 Å². The number of piperidine rings is 1. The van der Waals surface area contributed by atoms with Gasteiger partial charge in [-0.2, -0.15) is 16.6 Å². The van der Waals surface area contributed by atoms with Crippen molar-refractivity contribution < 1.29 is 0 Å². The van der Waals surface area contributed by atoms with Crippen molar-refractivity contribution in [2.45, 2.75) is 6.42 Å². The zero-order chi connectivity index (χ0) is 13.4. The molecule has 3 nitrogen and oxygen atoms in total. The summed E-state index contributed by atoms with van der Waals surface area (Å²) in [5, 5.41) is 13.5. The van der Waals surface area contributed by atoms with Gasteiger partial charge in [0, 0.05) is 24.7 Å². The molecule has 0 saturated carbocycles. The van der Waals surface area contributed by atoms with Crippen LogP contribution in [0.3, 0.4) is 0 Å². The molecule has 96 valence electrons. The maximum Gasteiger partial charge on any atom is 0.144 e. The van der Waals surface area contributed by atoms with E-state index in [9.17, 15) is 5.26 Å². The molecule has 0 amide bonds. The first-order valence-corrected chi connectivity index (χ1v) is 7.53. The Balaban J connectivity index is 2.13. The van der Waals surface area contributed by atoms with Crippen LogP contribution < -0.4 is 0 Å². The average Bonchev–Trinajstić information content (AvgIpc) is 2.91. The summed E-state index contributed by atoms with van der Waals surface area (Å²) in [5.74, 6) is 0.217. The highest BCUT2D eigenvalue weighted by molar-refractivity contribution is 7.80. The van der Waals surface area contributed by atoms with E-state index in [0.29, 0.717) is 10.6 Å². The van der Waals surface area contributed by atoms with Crippen molar-refractivity contribution >= 4 is 39.8 Å². The number of hydrogen-bond donors (Lipinski definition) is 0. The molecule has 0 aromatic carbocycles. The standard InChI is InChI=1S/C14H13N3S2/c1-17-4-2-12-11(7-17)13(9-3-5-19-8-9)10(6-15)14(18)16-12/h3,5,8,11H,2,4,7H2,1H3. The second kappa shape index (κ2) is 4.97. The highest BCUT2D eigenvalue weighted by atomic mass is 32.1. The summed E-state index contributed by atoms with van der Waals surface area (Å²) in [6.07, 6.45) is 0.938. The maximum atomic E-state index is 9.41. The van der Waals surface area contributed by atoms with E-state index in [0.717, 1.165) is 36.4 Å². The van der Waals surface area contributed by atoms with Crippen molar-refractivity contribution in [2.24, 2.45) is 10.9 Å². The molecule has 0 radical (unpaired) electrons. The highest BCUT2D eigenvalue weighted by Gasteiger charge is 2.34. The second-order valence-corrected chi connectivity index (χ2v) is 6.05. The Bertz CT molecular complexity index is 620. The minimum absolute atomic E-state index is 0.217. The molecule has 1 saturated heterocycles. The van der Waals surface area contributed by atoms with Gasteiger partial charge in [0.1, 0.15) is 11.1 Å². The van der Waals surface area contributed by atoms with Gasteiger partial charge in [0.05, 0.1) is 5.57 Å². The molecule has 0 aliphatic carbocycles. The number of hydrogen-bond acceptors (Lipinski definition) is 4. The first kappa shape index (κ1) is 12.7.